The Morgan fingerprint density at radius 2 is 2.17 bits per heavy atom. The third-order valence-corrected chi connectivity index (χ3v) is 3.91. The molecule has 1 amide bonds. The molecule has 0 spiro atoms. The zero-order chi connectivity index (χ0) is 15.6. The number of halogens is 1. The Balaban J connectivity index is 0.00000264. The van der Waals surface area contributed by atoms with Crippen molar-refractivity contribution in [3.05, 3.63) is 35.9 Å². The van der Waals surface area contributed by atoms with Crippen molar-refractivity contribution >= 4 is 18.3 Å². The van der Waals surface area contributed by atoms with Crippen molar-refractivity contribution in [1.29, 1.82) is 0 Å². The number of amides is 1. The van der Waals surface area contributed by atoms with Gasteiger partial charge < -0.3 is 19.7 Å². The van der Waals surface area contributed by atoms with Gasteiger partial charge in [0.1, 0.15) is 0 Å². The number of rotatable bonds is 9. The maximum atomic E-state index is 12.5. The summed E-state index contributed by atoms with van der Waals surface area (Å²) in [6.07, 6.45) is 1.81. The molecule has 6 heteroatoms. The Morgan fingerprint density at radius 1 is 1.39 bits per heavy atom. The predicted molar refractivity (Wildman–Crippen MR) is 93.1 cm³/mol. The van der Waals surface area contributed by atoms with Gasteiger partial charge in [0, 0.05) is 26.8 Å². The van der Waals surface area contributed by atoms with Crippen molar-refractivity contribution in [1.82, 2.24) is 10.2 Å². The van der Waals surface area contributed by atoms with Crippen LogP contribution in [0, 0.1) is 0 Å². The van der Waals surface area contributed by atoms with Crippen LogP contribution in [0.4, 0.5) is 0 Å². The smallest absolute Gasteiger partial charge is 0.236 e. The molecule has 0 saturated carbocycles. The number of hydrogen-bond acceptors (Lipinski definition) is 4. The molecule has 0 aromatic heterocycles. The van der Waals surface area contributed by atoms with Crippen LogP contribution in [0.5, 0.6) is 0 Å². The van der Waals surface area contributed by atoms with E-state index in [9.17, 15) is 4.79 Å². The molecule has 1 aliphatic rings. The first-order chi connectivity index (χ1) is 10.8. The van der Waals surface area contributed by atoms with Crippen LogP contribution >= 0.6 is 12.4 Å². The molecular formula is C17H27ClN2O3. The predicted octanol–water partition coefficient (Wildman–Crippen LogP) is 1.50. The molecule has 1 N–H and O–H groups in total. The molecule has 1 aromatic carbocycles. The lowest BCUT2D eigenvalue weighted by Gasteiger charge is -2.28. The summed E-state index contributed by atoms with van der Waals surface area (Å²) in [6.45, 7) is 3.80. The van der Waals surface area contributed by atoms with Gasteiger partial charge in [-0.1, -0.05) is 30.3 Å². The lowest BCUT2D eigenvalue weighted by Crippen LogP contribution is -2.46. The van der Waals surface area contributed by atoms with E-state index in [1.807, 2.05) is 23.1 Å². The molecule has 1 aromatic rings. The van der Waals surface area contributed by atoms with E-state index in [4.69, 9.17) is 9.47 Å². The van der Waals surface area contributed by atoms with Gasteiger partial charge >= 0.3 is 0 Å². The molecule has 1 atom stereocenters. The van der Waals surface area contributed by atoms with Crippen molar-refractivity contribution in [3.8, 4) is 0 Å². The lowest BCUT2D eigenvalue weighted by molar-refractivity contribution is -0.132. The Hall–Kier alpha value is -1.14. The summed E-state index contributed by atoms with van der Waals surface area (Å²) in [6, 6.07) is 10.5. The minimum Gasteiger partial charge on any atom is -0.383 e. The van der Waals surface area contributed by atoms with Gasteiger partial charge in [-0.25, -0.2) is 0 Å². The second kappa shape index (κ2) is 11.4. The molecular weight excluding hydrogens is 316 g/mol. The Morgan fingerprint density at radius 3 is 2.83 bits per heavy atom. The van der Waals surface area contributed by atoms with E-state index in [2.05, 4.69) is 17.4 Å². The quantitative estimate of drug-likeness (QED) is 0.691. The van der Waals surface area contributed by atoms with E-state index in [1.54, 1.807) is 7.11 Å². The number of ether oxygens (including phenoxy) is 2. The van der Waals surface area contributed by atoms with Crippen LogP contribution in [0.3, 0.4) is 0 Å². The highest BCUT2D eigenvalue weighted by molar-refractivity contribution is 5.85. The van der Waals surface area contributed by atoms with Crippen LogP contribution in [0.25, 0.3) is 0 Å². The number of nitrogens with zero attached hydrogens (tertiary/aromatic N) is 1. The number of benzene rings is 1. The van der Waals surface area contributed by atoms with Gasteiger partial charge in [-0.05, 0) is 18.4 Å². The zero-order valence-corrected chi connectivity index (χ0v) is 14.5. The van der Waals surface area contributed by atoms with Crippen LogP contribution < -0.4 is 5.32 Å². The number of carbonyl (C=O) groups excluding carboxylic acids is 1. The molecule has 1 aliphatic heterocycles. The summed E-state index contributed by atoms with van der Waals surface area (Å²) in [4.78, 5) is 14.5. The highest BCUT2D eigenvalue weighted by Crippen LogP contribution is 2.14. The lowest BCUT2D eigenvalue weighted by atomic mass is 10.1. The van der Waals surface area contributed by atoms with Gasteiger partial charge in [0.15, 0.2) is 0 Å². The Labute approximate surface area is 144 Å². The number of methoxy groups -OCH3 is 1. The highest BCUT2D eigenvalue weighted by Gasteiger charge is 2.26. The average Bonchev–Trinajstić information content (AvgIpc) is 3.07. The average molecular weight is 343 g/mol. The highest BCUT2D eigenvalue weighted by atomic mass is 35.5. The van der Waals surface area contributed by atoms with Crippen molar-refractivity contribution in [3.63, 3.8) is 0 Å². The molecule has 2 rings (SSSR count). The fraction of sp³-hybridized carbons (Fsp3) is 0.588. The van der Waals surface area contributed by atoms with E-state index in [0.717, 1.165) is 26.0 Å². The number of nitrogens with one attached hydrogen (secondary N) is 1. The van der Waals surface area contributed by atoms with Crippen LogP contribution in [0.1, 0.15) is 12.0 Å². The maximum Gasteiger partial charge on any atom is 0.236 e. The second-order valence-corrected chi connectivity index (χ2v) is 5.51. The van der Waals surface area contributed by atoms with Crippen molar-refractivity contribution < 1.29 is 14.3 Å². The minimum atomic E-state index is 0. The van der Waals surface area contributed by atoms with Crippen molar-refractivity contribution in [2.24, 2.45) is 0 Å². The summed E-state index contributed by atoms with van der Waals surface area (Å²) < 4.78 is 10.4. The molecule has 23 heavy (non-hydrogen) atoms. The largest absolute Gasteiger partial charge is 0.383 e. The molecule has 0 radical (unpaired) electrons. The third-order valence-electron chi connectivity index (χ3n) is 3.91. The second-order valence-electron chi connectivity index (χ2n) is 5.51. The first kappa shape index (κ1) is 19.9. The van der Waals surface area contributed by atoms with Crippen LogP contribution in [0.15, 0.2) is 30.3 Å². The summed E-state index contributed by atoms with van der Waals surface area (Å²) in [5.74, 6) is 0.141. The molecule has 1 fully saturated rings. The van der Waals surface area contributed by atoms with Crippen LogP contribution in [-0.2, 0) is 20.7 Å². The van der Waals surface area contributed by atoms with E-state index in [0.29, 0.717) is 26.3 Å². The zero-order valence-electron chi connectivity index (χ0n) is 13.7. The first-order valence-corrected chi connectivity index (χ1v) is 7.92. The summed E-state index contributed by atoms with van der Waals surface area (Å²) in [5, 5.41) is 3.13. The maximum absolute atomic E-state index is 12.5. The molecule has 5 nitrogen and oxygen atoms in total. The van der Waals surface area contributed by atoms with Gasteiger partial charge in [0.2, 0.25) is 5.91 Å². The molecule has 1 heterocycles. The molecule has 0 bridgehead atoms. The third kappa shape index (κ3) is 6.87. The standard InChI is InChI=1S/C17H26N2O3.ClH/c1-21-12-9-18-13-17(20)19(16-8-11-22-14-16)10-7-15-5-3-2-4-6-15;/h2-6,16,18H,7-14H2,1H3;1H. The van der Waals surface area contributed by atoms with E-state index in [1.165, 1.54) is 5.56 Å². The van der Waals surface area contributed by atoms with Gasteiger partial charge in [-0.2, -0.15) is 0 Å². The minimum absolute atomic E-state index is 0. The fourth-order valence-electron chi connectivity index (χ4n) is 2.64. The number of carbonyl (C=O) groups is 1. The van der Waals surface area contributed by atoms with Crippen LogP contribution in [0.2, 0.25) is 0 Å². The normalized spacial score (nSPS) is 16.8. The van der Waals surface area contributed by atoms with E-state index >= 15 is 0 Å². The Kier molecular flexibility index (Phi) is 9.87. The molecule has 0 aliphatic carbocycles. The van der Waals surface area contributed by atoms with Gasteiger partial charge in [-0.3, -0.25) is 4.79 Å². The van der Waals surface area contributed by atoms with Crippen LogP contribution in [-0.4, -0.2) is 63.4 Å². The fourth-order valence-corrected chi connectivity index (χ4v) is 2.64. The van der Waals surface area contributed by atoms with Crippen molar-refractivity contribution in [2.75, 3.05) is 46.6 Å². The van der Waals surface area contributed by atoms with Gasteiger partial charge in [-0.15, -0.1) is 12.4 Å². The van der Waals surface area contributed by atoms with Crippen molar-refractivity contribution in [2.45, 2.75) is 18.9 Å². The molecule has 130 valence electrons. The Bertz CT molecular complexity index is 439. The topological polar surface area (TPSA) is 50.8 Å². The summed E-state index contributed by atoms with van der Waals surface area (Å²) >= 11 is 0. The molecule has 1 unspecified atom stereocenters. The van der Waals surface area contributed by atoms with Gasteiger partial charge in [0.25, 0.3) is 0 Å². The summed E-state index contributed by atoms with van der Waals surface area (Å²) in [5.41, 5.74) is 1.26. The SMILES string of the molecule is COCCNCC(=O)N(CCc1ccccc1)C1CCOC1.Cl. The summed E-state index contributed by atoms with van der Waals surface area (Å²) in [7, 11) is 1.66. The monoisotopic (exact) mass is 342 g/mol. The van der Waals surface area contributed by atoms with E-state index < -0.39 is 0 Å². The number of hydrogen-bond donors (Lipinski definition) is 1. The van der Waals surface area contributed by atoms with Gasteiger partial charge in [0.05, 0.1) is 25.8 Å². The van der Waals surface area contributed by atoms with E-state index in [-0.39, 0.29) is 24.4 Å². The molecule has 1 saturated heterocycles. The first-order valence-electron chi connectivity index (χ1n) is 7.92.